The number of pyridine rings is 1. The van der Waals surface area contributed by atoms with Gasteiger partial charge in [-0.1, -0.05) is 31.4 Å². The first-order chi connectivity index (χ1) is 12.3. The number of benzene rings is 1. The molecular weight excluding hydrogens is 426 g/mol. The number of halogens is 1. The van der Waals surface area contributed by atoms with Gasteiger partial charge in [-0.3, -0.25) is 0 Å². The first kappa shape index (κ1) is 19.5. The minimum atomic E-state index is -1.07. The van der Waals surface area contributed by atoms with Gasteiger partial charge in [-0.05, 0) is 52.3 Å². The molecule has 1 aromatic carbocycles. The third-order valence-corrected chi connectivity index (χ3v) is 7.38. The molecule has 26 heavy (non-hydrogen) atoms. The normalized spacial score (nSPS) is 12.0. The molecule has 2 aromatic heterocycles. The smallest absolute Gasteiger partial charge is 0.144 e. The molecule has 3 aromatic rings. The zero-order valence-corrected chi connectivity index (χ0v) is 18.7. The molecule has 0 aliphatic carbocycles. The summed E-state index contributed by atoms with van der Waals surface area (Å²) in [5.41, 5.74) is 7.49. The van der Waals surface area contributed by atoms with Crippen molar-refractivity contribution in [3.05, 3.63) is 47.2 Å². The van der Waals surface area contributed by atoms with Crippen LogP contribution >= 0.6 is 27.7 Å². The zero-order chi connectivity index (χ0) is 18.7. The lowest BCUT2D eigenvalue weighted by Gasteiger charge is -2.15. The molecule has 4 nitrogen and oxygen atoms in total. The highest BCUT2D eigenvalue weighted by atomic mass is 79.9. The van der Waals surface area contributed by atoms with E-state index >= 15 is 0 Å². The molecule has 0 amide bonds. The van der Waals surface area contributed by atoms with Crippen LogP contribution in [0.15, 0.2) is 57.0 Å². The van der Waals surface area contributed by atoms with Crippen LogP contribution in [0.1, 0.15) is 0 Å². The number of hydrogen-bond donors (Lipinski definition) is 1. The van der Waals surface area contributed by atoms with Crippen LogP contribution in [-0.4, -0.2) is 24.2 Å². The molecule has 138 valence electrons. The number of hydrogen-bond acceptors (Lipinski definition) is 4. The lowest BCUT2D eigenvalue weighted by Crippen LogP contribution is -2.22. The van der Waals surface area contributed by atoms with Crippen LogP contribution in [0.25, 0.3) is 11.0 Å². The first-order valence-corrected chi connectivity index (χ1v) is 13.9. The van der Waals surface area contributed by atoms with E-state index in [-0.39, 0.29) is 0 Å². The quantitative estimate of drug-likeness (QED) is 0.279. The van der Waals surface area contributed by atoms with Crippen molar-refractivity contribution < 1.29 is 4.74 Å². The maximum absolute atomic E-state index is 5.90. The number of aromatic nitrogens is 2. The summed E-state index contributed by atoms with van der Waals surface area (Å²) >= 11 is 5.40. The number of nitrogen functional groups attached to an aromatic ring is 1. The predicted molar refractivity (Wildman–Crippen MR) is 117 cm³/mol. The van der Waals surface area contributed by atoms with Crippen molar-refractivity contribution in [2.45, 2.75) is 42.2 Å². The Labute approximate surface area is 168 Å². The van der Waals surface area contributed by atoms with E-state index in [4.69, 9.17) is 10.5 Å². The van der Waals surface area contributed by atoms with Crippen LogP contribution in [0.4, 0.5) is 5.69 Å². The third kappa shape index (κ3) is 4.91. The zero-order valence-electron chi connectivity index (χ0n) is 15.3. The Morgan fingerprint density at radius 2 is 1.92 bits per heavy atom. The van der Waals surface area contributed by atoms with Gasteiger partial charge in [0.1, 0.15) is 12.4 Å². The molecule has 2 N–H and O–H groups in total. The molecule has 0 fully saturated rings. The van der Waals surface area contributed by atoms with Gasteiger partial charge in [0.15, 0.2) is 0 Å². The van der Waals surface area contributed by atoms with E-state index in [0.29, 0.717) is 6.73 Å². The van der Waals surface area contributed by atoms with Crippen molar-refractivity contribution >= 4 is 52.5 Å². The van der Waals surface area contributed by atoms with Gasteiger partial charge in [-0.25, -0.2) is 4.98 Å². The number of fused-ring (bicyclic) bond motifs is 1. The van der Waals surface area contributed by atoms with E-state index in [0.717, 1.165) is 37.6 Å². The SMILES string of the molecule is C[Si](C)(C)CCOCn1cc(Br)c2c(Sc3ccc(N)cc3)ccnc21. The van der Waals surface area contributed by atoms with Gasteiger partial charge < -0.3 is 15.0 Å². The van der Waals surface area contributed by atoms with Crippen molar-refractivity contribution in [3.8, 4) is 0 Å². The number of rotatable bonds is 7. The molecule has 0 aliphatic heterocycles. The van der Waals surface area contributed by atoms with Crippen molar-refractivity contribution in [2.75, 3.05) is 12.3 Å². The lowest BCUT2D eigenvalue weighted by atomic mass is 10.3. The van der Waals surface area contributed by atoms with E-state index < -0.39 is 8.07 Å². The van der Waals surface area contributed by atoms with Crippen LogP contribution in [0.5, 0.6) is 0 Å². The van der Waals surface area contributed by atoms with Crippen LogP contribution in [0.2, 0.25) is 25.7 Å². The highest BCUT2D eigenvalue weighted by molar-refractivity contribution is 9.10. The maximum atomic E-state index is 5.90. The van der Waals surface area contributed by atoms with E-state index in [2.05, 4.69) is 51.3 Å². The fourth-order valence-electron chi connectivity index (χ4n) is 2.53. The fourth-order valence-corrected chi connectivity index (χ4v) is 5.01. The fraction of sp³-hybridized carbons (Fsp3) is 0.316. The summed E-state index contributed by atoms with van der Waals surface area (Å²) in [5.74, 6) is 0. The van der Waals surface area contributed by atoms with Crippen LogP contribution in [-0.2, 0) is 11.5 Å². The summed E-state index contributed by atoms with van der Waals surface area (Å²) in [7, 11) is -1.07. The second kappa shape index (κ2) is 8.16. The lowest BCUT2D eigenvalue weighted by molar-refractivity contribution is 0.0898. The van der Waals surface area contributed by atoms with Crippen LogP contribution in [0, 0.1) is 0 Å². The van der Waals surface area contributed by atoms with Gasteiger partial charge in [-0.2, -0.15) is 0 Å². The summed E-state index contributed by atoms with van der Waals surface area (Å²) in [6.45, 7) is 8.41. The van der Waals surface area contributed by atoms with E-state index in [9.17, 15) is 0 Å². The Morgan fingerprint density at radius 1 is 1.19 bits per heavy atom. The topological polar surface area (TPSA) is 53.1 Å². The molecule has 2 heterocycles. The summed E-state index contributed by atoms with van der Waals surface area (Å²) in [5, 5.41) is 1.11. The number of nitrogens with two attached hydrogens (primary N) is 1. The molecule has 0 radical (unpaired) electrons. The molecule has 0 atom stereocenters. The predicted octanol–water partition coefficient (Wildman–Crippen LogP) is 5.84. The molecule has 0 saturated heterocycles. The maximum Gasteiger partial charge on any atom is 0.144 e. The molecule has 0 saturated carbocycles. The van der Waals surface area contributed by atoms with E-state index in [1.165, 1.54) is 6.04 Å². The van der Waals surface area contributed by atoms with Crippen molar-refractivity contribution in [1.82, 2.24) is 9.55 Å². The van der Waals surface area contributed by atoms with Gasteiger partial charge in [0, 0.05) is 52.4 Å². The van der Waals surface area contributed by atoms with Crippen molar-refractivity contribution in [1.29, 1.82) is 0 Å². The average molecular weight is 450 g/mol. The summed E-state index contributed by atoms with van der Waals surface area (Å²) in [6.07, 6.45) is 3.91. The highest BCUT2D eigenvalue weighted by Gasteiger charge is 2.15. The largest absolute Gasteiger partial charge is 0.399 e. The minimum Gasteiger partial charge on any atom is -0.399 e. The summed E-state index contributed by atoms with van der Waals surface area (Å²) < 4.78 is 9.01. The molecule has 3 rings (SSSR count). The Kier molecular flexibility index (Phi) is 6.12. The second-order valence-corrected chi connectivity index (χ2v) is 15.1. The summed E-state index contributed by atoms with van der Waals surface area (Å²) in [6, 6.07) is 11.1. The van der Waals surface area contributed by atoms with Crippen LogP contribution in [0.3, 0.4) is 0 Å². The molecular formula is C19H24BrN3OSSi. The average Bonchev–Trinajstić information content (AvgIpc) is 2.90. The highest BCUT2D eigenvalue weighted by Crippen LogP contribution is 2.37. The third-order valence-electron chi connectivity index (χ3n) is 4.01. The number of nitrogens with zero attached hydrogens (tertiary/aromatic N) is 2. The Balaban J connectivity index is 1.79. The standard InChI is InChI=1S/C19H24BrN3OSSi/c1-26(2,3)11-10-24-13-23-12-16(20)18-17(8-9-22-19(18)23)25-15-6-4-14(21)5-7-15/h4-9,12H,10-11,13,21H2,1-3H3. The minimum absolute atomic E-state index is 0.523. The van der Waals surface area contributed by atoms with E-state index in [1.807, 2.05) is 36.5 Å². The van der Waals surface area contributed by atoms with Gasteiger partial charge in [0.2, 0.25) is 0 Å². The first-order valence-electron chi connectivity index (χ1n) is 8.58. The number of ether oxygens (including phenoxy) is 1. The molecule has 0 unspecified atom stereocenters. The second-order valence-electron chi connectivity index (χ2n) is 7.47. The Hall–Kier alpha value is -1.28. The molecule has 7 heteroatoms. The Bertz CT molecular complexity index is 890. The summed E-state index contributed by atoms with van der Waals surface area (Å²) in [4.78, 5) is 6.88. The van der Waals surface area contributed by atoms with Crippen LogP contribution < -0.4 is 5.73 Å². The van der Waals surface area contributed by atoms with E-state index in [1.54, 1.807) is 11.8 Å². The van der Waals surface area contributed by atoms with Gasteiger partial charge in [0.05, 0.1) is 0 Å². The number of anilines is 1. The van der Waals surface area contributed by atoms with Gasteiger partial charge in [-0.15, -0.1) is 0 Å². The Morgan fingerprint density at radius 3 is 2.62 bits per heavy atom. The van der Waals surface area contributed by atoms with Crippen molar-refractivity contribution in [2.24, 2.45) is 0 Å². The molecule has 0 spiro atoms. The van der Waals surface area contributed by atoms with Gasteiger partial charge in [0.25, 0.3) is 0 Å². The van der Waals surface area contributed by atoms with Gasteiger partial charge >= 0.3 is 0 Å². The monoisotopic (exact) mass is 449 g/mol. The van der Waals surface area contributed by atoms with Crippen molar-refractivity contribution in [3.63, 3.8) is 0 Å². The molecule has 0 aliphatic rings. The molecule has 0 bridgehead atoms.